The summed E-state index contributed by atoms with van der Waals surface area (Å²) >= 11 is 0. The van der Waals surface area contributed by atoms with Crippen LogP contribution in [-0.2, 0) is 4.79 Å². The Hall–Kier alpha value is -0.570. The lowest BCUT2D eigenvalue weighted by Crippen LogP contribution is -2.53. The van der Waals surface area contributed by atoms with Gasteiger partial charge >= 0.3 is 0 Å². The van der Waals surface area contributed by atoms with E-state index in [0.717, 1.165) is 0 Å². The molecule has 1 atom stereocenters. The maximum atomic E-state index is 12.4. The Labute approximate surface area is 111 Å². The predicted molar refractivity (Wildman–Crippen MR) is 74.2 cm³/mol. The van der Waals surface area contributed by atoms with E-state index in [-0.39, 0.29) is 11.9 Å². The Balaban J connectivity index is 2.07. The number of nitrogens with zero attached hydrogens (tertiary/aromatic N) is 1. The molecule has 2 N–H and O–H groups in total. The van der Waals surface area contributed by atoms with Gasteiger partial charge in [-0.15, -0.1) is 0 Å². The smallest absolute Gasteiger partial charge is 0.239 e. The lowest BCUT2D eigenvalue weighted by Gasteiger charge is -2.42. The van der Waals surface area contributed by atoms with Gasteiger partial charge in [-0.1, -0.05) is 38.5 Å². The molecule has 0 heterocycles. The van der Waals surface area contributed by atoms with Crippen LogP contribution in [0.15, 0.2) is 0 Å². The molecule has 2 aliphatic carbocycles. The van der Waals surface area contributed by atoms with Crippen molar-refractivity contribution in [3.63, 3.8) is 0 Å². The lowest BCUT2D eigenvalue weighted by molar-refractivity contribution is -0.139. The summed E-state index contributed by atoms with van der Waals surface area (Å²) in [7, 11) is 0. The molecule has 0 radical (unpaired) electrons. The molecule has 0 aliphatic heterocycles. The summed E-state index contributed by atoms with van der Waals surface area (Å²) in [4.78, 5) is 14.6. The normalized spacial score (nSPS) is 24.8. The second kappa shape index (κ2) is 6.55. The Kier molecular flexibility index (Phi) is 5.04. The van der Waals surface area contributed by atoms with Gasteiger partial charge in [0.15, 0.2) is 0 Å². The Morgan fingerprint density at radius 3 is 1.67 bits per heavy atom. The van der Waals surface area contributed by atoms with E-state index in [4.69, 9.17) is 5.73 Å². The van der Waals surface area contributed by atoms with E-state index >= 15 is 0 Å². The van der Waals surface area contributed by atoms with Crippen LogP contribution < -0.4 is 5.73 Å². The molecule has 2 fully saturated rings. The van der Waals surface area contributed by atoms with Crippen molar-refractivity contribution in [3.8, 4) is 0 Å². The number of carbonyl (C=O) groups is 1. The first-order valence-electron chi connectivity index (χ1n) is 7.78. The van der Waals surface area contributed by atoms with Gasteiger partial charge < -0.3 is 10.6 Å². The molecule has 0 aromatic rings. The highest BCUT2D eigenvalue weighted by atomic mass is 16.2. The zero-order valence-corrected chi connectivity index (χ0v) is 11.7. The second-order valence-corrected chi connectivity index (χ2v) is 6.12. The standard InChI is InChI=1S/C15H28N2O/c1-12(16)15(18)17(13-8-4-2-5-9-13)14-10-6-3-7-11-14/h12-14H,2-11,16H2,1H3/t12-/m0/s1. The summed E-state index contributed by atoms with van der Waals surface area (Å²) in [6, 6.07) is 0.606. The van der Waals surface area contributed by atoms with Gasteiger partial charge in [-0.25, -0.2) is 0 Å². The first-order valence-corrected chi connectivity index (χ1v) is 7.78. The summed E-state index contributed by atoms with van der Waals surface area (Å²) in [5.74, 6) is 0.189. The lowest BCUT2D eigenvalue weighted by atomic mass is 9.88. The molecule has 0 spiro atoms. The molecule has 1 amide bonds. The van der Waals surface area contributed by atoms with Gasteiger partial charge in [0, 0.05) is 12.1 Å². The molecule has 0 bridgehead atoms. The van der Waals surface area contributed by atoms with Crippen LogP contribution in [0.4, 0.5) is 0 Å². The third-order valence-electron chi connectivity index (χ3n) is 4.58. The number of amides is 1. The van der Waals surface area contributed by atoms with Crippen LogP contribution in [0.1, 0.15) is 71.1 Å². The minimum absolute atomic E-state index is 0.189. The maximum Gasteiger partial charge on any atom is 0.239 e. The van der Waals surface area contributed by atoms with Crippen molar-refractivity contribution in [2.75, 3.05) is 0 Å². The van der Waals surface area contributed by atoms with Crippen molar-refractivity contribution in [3.05, 3.63) is 0 Å². The van der Waals surface area contributed by atoms with Crippen molar-refractivity contribution < 1.29 is 4.79 Å². The minimum atomic E-state index is -0.339. The summed E-state index contributed by atoms with van der Waals surface area (Å²) in [6.45, 7) is 1.83. The van der Waals surface area contributed by atoms with Crippen LogP contribution in [0.2, 0.25) is 0 Å². The molecule has 3 nitrogen and oxygen atoms in total. The van der Waals surface area contributed by atoms with Gasteiger partial charge in [-0.2, -0.15) is 0 Å². The van der Waals surface area contributed by atoms with E-state index in [1.54, 1.807) is 0 Å². The van der Waals surface area contributed by atoms with Crippen LogP contribution in [0.25, 0.3) is 0 Å². The van der Waals surface area contributed by atoms with E-state index in [1.165, 1.54) is 64.2 Å². The molecular weight excluding hydrogens is 224 g/mol. The van der Waals surface area contributed by atoms with Crippen LogP contribution >= 0.6 is 0 Å². The van der Waals surface area contributed by atoms with Crippen LogP contribution in [0, 0.1) is 0 Å². The first-order chi connectivity index (χ1) is 8.70. The van der Waals surface area contributed by atoms with Crippen molar-refractivity contribution in [1.82, 2.24) is 4.90 Å². The first kappa shape index (κ1) is 13.9. The zero-order valence-electron chi connectivity index (χ0n) is 11.7. The van der Waals surface area contributed by atoms with E-state index in [0.29, 0.717) is 12.1 Å². The van der Waals surface area contributed by atoms with E-state index in [1.807, 2.05) is 6.92 Å². The highest BCUT2D eigenvalue weighted by Crippen LogP contribution is 2.30. The SMILES string of the molecule is C[C@H](N)C(=O)N(C1CCCCC1)C1CCCCC1. The van der Waals surface area contributed by atoms with Gasteiger partial charge in [0.1, 0.15) is 0 Å². The average Bonchev–Trinajstić information content (AvgIpc) is 2.41. The van der Waals surface area contributed by atoms with Crippen molar-refractivity contribution in [1.29, 1.82) is 0 Å². The zero-order chi connectivity index (χ0) is 13.0. The van der Waals surface area contributed by atoms with Gasteiger partial charge in [0.05, 0.1) is 6.04 Å². The highest BCUT2D eigenvalue weighted by Gasteiger charge is 2.33. The second-order valence-electron chi connectivity index (χ2n) is 6.12. The summed E-state index contributed by atoms with van der Waals surface area (Å²) in [5, 5.41) is 0. The molecule has 0 aromatic carbocycles. The number of nitrogens with two attached hydrogens (primary N) is 1. The summed E-state index contributed by atoms with van der Waals surface area (Å²) in [5.41, 5.74) is 5.86. The monoisotopic (exact) mass is 252 g/mol. The fourth-order valence-electron chi connectivity index (χ4n) is 3.61. The summed E-state index contributed by atoms with van der Waals surface area (Å²) in [6.07, 6.45) is 12.5. The quantitative estimate of drug-likeness (QED) is 0.839. The molecule has 2 aliphatic rings. The largest absolute Gasteiger partial charge is 0.335 e. The van der Waals surface area contributed by atoms with Gasteiger partial charge in [-0.05, 0) is 32.6 Å². The third-order valence-corrected chi connectivity index (χ3v) is 4.58. The average molecular weight is 252 g/mol. The number of rotatable bonds is 3. The third kappa shape index (κ3) is 3.25. The maximum absolute atomic E-state index is 12.4. The van der Waals surface area contributed by atoms with Crippen LogP contribution in [0.5, 0.6) is 0 Å². The van der Waals surface area contributed by atoms with Crippen LogP contribution in [-0.4, -0.2) is 28.9 Å². The topological polar surface area (TPSA) is 46.3 Å². The molecule has 18 heavy (non-hydrogen) atoms. The van der Waals surface area contributed by atoms with Gasteiger partial charge in [-0.3, -0.25) is 4.79 Å². The van der Waals surface area contributed by atoms with Crippen LogP contribution in [0.3, 0.4) is 0 Å². The van der Waals surface area contributed by atoms with Crippen molar-refractivity contribution >= 4 is 5.91 Å². The molecule has 3 heteroatoms. The molecular formula is C15H28N2O. The van der Waals surface area contributed by atoms with Gasteiger partial charge in [0.2, 0.25) is 5.91 Å². The van der Waals surface area contributed by atoms with Gasteiger partial charge in [0.25, 0.3) is 0 Å². The fraction of sp³-hybridized carbons (Fsp3) is 0.933. The molecule has 104 valence electrons. The Morgan fingerprint density at radius 2 is 1.33 bits per heavy atom. The number of hydrogen-bond acceptors (Lipinski definition) is 2. The Morgan fingerprint density at radius 1 is 0.944 bits per heavy atom. The summed E-state index contributed by atoms with van der Waals surface area (Å²) < 4.78 is 0. The van der Waals surface area contributed by atoms with Crippen molar-refractivity contribution in [2.45, 2.75) is 89.3 Å². The molecule has 2 saturated carbocycles. The Bertz CT molecular complexity index is 248. The molecule has 0 saturated heterocycles. The molecule has 2 rings (SSSR count). The van der Waals surface area contributed by atoms with E-state index < -0.39 is 0 Å². The van der Waals surface area contributed by atoms with E-state index in [2.05, 4.69) is 4.90 Å². The number of hydrogen-bond donors (Lipinski definition) is 1. The van der Waals surface area contributed by atoms with E-state index in [9.17, 15) is 4.79 Å². The highest BCUT2D eigenvalue weighted by molar-refractivity contribution is 5.81. The van der Waals surface area contributed by atoms with Crippen molar-refractivity contribution in [2.24, 2.45) is 5.73 Å². The predicted octanol–water partition coefficient (Wildman–Crippen LogP) is 2.83. The molecule has 0 unspecified atom stereocenters. The number of carbonyl (C=O) groups excluding carboxylic acids is 1. The fourth-order valence-corrected chi connectivity index (χ4v) is 3.61. The minimum Gasteiger partial charge on any atom is -0.335 e. The molecule has 0 aromatic heterocycles.